The first-order valence-electron chi connectivity index (χ1n) is 7.17. The summed E-state index contributed by atoms with van der Waals surface area (Å²) in [5.74, 6) is 0.614. The first-order chi connectivity index (χ1) is 9.33. The molecular formula is C14H22N4S. The van der Waals surface area contributed by atoms with Gasteiger partial charge in [-0.2, -0.15) is 0 Å². The van der Waals surface area contributed by atoms with Crippen LogP contribution >= 0.6 is 11.3 Å². The monoisotopic (exact) mass is 278 g/mol. The Kier molecular flexibility index (Phi) is 4.03. The SMILES string of the molecule is NC(=NCC(c1cccs1)N1CCCC1)NC1CC1. The van der Waals surface area contributed by atoms with Gasteiger partial charge in [-0.3, -0.25) is 9.89 Å². The average molecular weight is 278 g/mol. The normalized spacial score (nSPS) is 22.6. The van der Waals surface area contributed by atoms with Crippen molar-refractivity contribution in [2.24, 2.45) is 10.7 Å². The fourth-order valence-electron chi connectivity index (χ4n) is 2.59. The van der Waals surface area contributed by atoms with E-state index < -0.39 is 0 Å². The quantitative estimate of drug-likeness (QED) is 0.639. The van der Waals surface area contributed by atoms with Crippen LogP contribution in [0.5, 0.6) is 0 Å². The van der Waals surface area contributed by atoms with E-state index >= 15 is 0 Å². The van der Waals surface area contributed by atoms with Gasteiger partial charge < -0.3 is 11.1 Å². The van der Waals surface area contributed by atoms with Gasteiger partial charge in [0.25, 0.3) is 0 Å². The third-order valence-corrected chi connectivity index (χ3v) is 4.79. The van der Waals surface area contributed by atoms with Crippen molar-refractivity contribution < 1.29 is 0 Å². The van der Waals surface area contributed by atoms with Gasteiger partial charge in [-0.1, -0.05) is 6.07 Å². The van der Waals surface area contributed by atoms with Gasteiger partial charge in [-0.05, 0) is 50.2 Å². The number of hydrogen-bond acceptors (Lipinski definition) is 3. The molecule has 1 aromatic heterocycles. The minimum absolute atomic E-state index is 0.405. The van der Waals surface area contributed by atoms with Gasteiger partial charge in [0, 0.05) is 10.9 Å². The van der Waals surface area contributed by atoms with Crippen LogP contribution in [0.2, 0.25) is 0 Å². The van der Waals surface area contributed by atoms with Crippen molar-refractivity contribution >= 4 is 17.3 Å². The van der Waals surface area contributed by atoms with Crippen LogP contribution in [-0.4, -0.2) is 36.5 Å². The van der Waals surface area contributed by atoms with E-state index in [1.807, 2.05) is 11.3 Å². The third kappa shape index (κ3) is 3.48. The van der Waals surface area contributed by atoms with Crippen molar-refractivity contribution in [1.82, 2.24) is 10.2 Å². The van der Waals surface area contributed by atoms with Crippen molar-refractivity contribution in [3.05, 3.63) is 22.4 Å². The molecule has 1 aromatic rings. The van der Waals surface area contributed by atoms with Crippen LogP contribution in [0, 0.1) is 0 Å². The van der Waals surface area contributed by atoms with E-state index in [0.717, 1.165) is 6.54 Å². The highest BCUT2D eigenvalue weighted by Crippen LogP contribution is 2.28. The first-order valence-corrected chi connectivity index (χ1v) is 8.05. The van der Waals surface area contributed by atoms with E-state index in [-0.39, 0.29) is 0 Å². The van der Waals surface area contributed by atoms with Gasteiger partial charge in [0.05, 0.1) is 12.6 Å². The highest BCUT2D eigenvalue weighted by Gasteiger charge is 2.25. The van der Waals surface area contributed by atoms with Gasteiger partial charge in [-0.15, -0.1) is 11.3 Å². The maximum atomic E-state index is 5.94. The third-order valence-electron chi connectivity index (χ3n) is 3.82. The Morgan fingerprint density at radius 2 is 2.26 bits per heavy atom. The number of thiophene rings is 1. The zero-order valence-electron chi connectivity index (χ0n) is 11.2. The van der Waals surface area contributed by atoms with Gasteiger partial charge in [0.2, 0.25) is 0 Å². The van der Waals surface area contributed by atoms with Gasteiger partial charge in [0.1, 0.15) is 0 Å². The molecule has 0 aromatic carbocycles. The summed E-state index contributed by atoms with van der Waals surface area (Å²) in [6, 6.07) is 5.32. The summed E-state index contributed by atoms with van der Waals surface area (Å²) < 4.78 is 0. The molecule has 1 saturated heterocycles. The van der Waals surface area contributed by atoms with Gasteiger partial charge in [0.15, 0.2) is 5.96 Å². The summed E-state index contributed by atoms with van der Waals surface area (Å²) in [6.07, 6.45) is 5.08. The van der Waals surface area contributed by atoms with Crippen LogP contribution in [0.4, 0.5) is 0 Å². The molecule has 4 nitrogen and oxygen atoms in total. The summed E-state index contributed by atoms with van der Waals surface area (Å²) in [7, 11) is 0. The van der Waals surface area contributed by atoms with E-state index in [4.69, 9.17) is 5.73 Å². The maximum Gasteiger partial charge on any atom is 0.188 e. The zero-order valence-corrected chi connectivity index (χ0v) is 12.0. The maximum absolute atomic E-state index is 5.94. The Hall–Kier alpha value is -1.07. The summed E-state index contributed by atoms with van der Waals surface area (Å²) in [5, 5.41) is 5.40. The number of hydrogen-bond donors (Lipinski definition) is 2. The lowest BCUT2D eigenvalue weighted by Gasteiger charge is -2.25. The summed E-state index contributed by atoms with van der Waals surface area (Å²) in [5.41, 5.74) is 5.94. The summed E-state index contributed by atoms with van der Waals surface area (Å²) in [4.78, 5) is 8.50. The lowest BCUT2D eigenvalue weighted by Crippen LogP contribution is -2.35. The Bertz CT molecular complexity index is 419. The number of nitrogens with two attached hydrogens (primary N) is 1. The smallest absolute Gasteiger partial charge is 0.188 e. The number of likely N-dealkylation sites (tertiary alicyclic amines) is 1. The van der Waals surface area contributed by atoms with Crippen LogP contribution < -0.4 is 11.1 Å². The standard InChI is InChI=1S/C14H22N4S/c15-14(17-11-5-6-11)16-10-12(13-4-3-9-19-13)18-7-1-2-8-18/h3-4,9,11-12H,1-2,5-8,10H2,(H3,15,16,17). The van der Waals surface area contributed by atoms with Crippen molar-refractivity contribution in [3.63, 3.8) is 0 Å². The highest BCUT2D eigenvalue weighted by atomic mass is 32.1. The van der Waals surface area contributed by atoms with E-state index in [1.54, 1.807) is 0 Å². The van der Waals surface area contributed by atoms with E-state index in [2.05, 4.69) is 32.7 Å². The Morgan fingerprint density at radius 1 is 1.47 bits per heavy atom. The van der Waals surface area contributed by atoms with Crippen LogP contribution in [0.3, 0.4) is 0 Å². The van der Waals surface area contributed by atoms with Crippen molar-refractivity contribution in [2.45, 2.75) is 37.8 Å². The fraction of sp³-hybridized carbons (Fsp3) is 0.643. The molecule has 2 aliphatic rings. The fourth-order valence-corrected chi connectivity index (χ4v) is 3.44. The predicted molar refractivity (Wildman–Crippen MR) is 80.5 cm³/mol. The molecule has 3 N–H and O–H groups in total. The highest BCUT2D eigenvalue weighted by molar-refractivity contribution is 7.10. The molecule has 1 aliphatic carbocycles. The van der Waals surface area contributed by atoms with E-state index in [9.17, 15) is 0 Å². The molecule has 0 radical (unpaired) electrons. The number of guanidine groups is 1. The van der Waals surface area contributed by atoms with Crippen molar-refractivity contribution in [1.29, 1.82) is 0 Å². The molecule has 2 fully saturated rings. The van der Waals surface area contributed by atoms with Crippen molar-refractivity contribution in [2.75, 3.05) is 19.6 Å². The lowest BCUT2D eigenvalue weighted by molar-refractivity contribution is 0.255. The molecule has 5 heteroatoms. The Labute approximate surface area is 118 Å². The molecule has 3 rings (SSSR count). The van der Waals surface area contributed by atoms with Gasteiger partial charge >= 0.3 is 0 Å². The largest absolute Gasteiger partial charge is 0.370 e. The minimum Gasteiger partial charge on any atom is -0.370 e. The second kappa shape index (κ2) is 5.92. The average Bonchev–Trinajstić information content (AvgIpc) is 2.89. The molecular weight excluding hydrogens is 256 g/mol. The lowest BCUT2D eigenvalue weighted by atomic mass is 10.2. The second-order valence-corrected chi connectivity index (χ2v) is 6.40. The molecule has 1 aliphatic heterocycles. The molecule has 2 heterocycles. The first kappa shape index (κ1) is 12.9. The van der Waals surface area contributed by atoms with Crippen LogP contribution in [0.1, 0.15) is 36.6 Å². The van der Waals surface area contributed by atoms with Crippen LogP contribution in [0.15, 0.2) is 22.5 Å². The molecule has 0 spiro atoms. The molecule has 0 amide bonds. The Balaban J connectivity index is 1.64. The van der Waals surface area contributed by atoms with Crippen LogP contribution in [-0.2, 0) is 0 Å². The minimum atomic E-state index is 0.405. The topological polar surface area (TPSA) is 53.6 Å². The summed E-state index contributed by atoms with van der Waals surface area (Å²) in [6.45, 7) is 3.15. The molecule has 1 saturated carbocycles. The predicted octanol–water partition coefficient (Wildman–Crippen LogP) is 1.95. The molecule has 1 unspecified atom stereocenters. The number of aliphatic imine (C=N–C) groups is 1. The number of rotatable bonds is 5. The van der Waals surface area contributed by atoms with Crippen molar-refractivity contribution in [3.8, 4) is 0 Å². The molecule has 104 valence electrons. The Morgan fingerprint density at radius 3 is 2.89 bits per heavy atom. The zero-order chi connectivity index (χ0) is 13.1. The summed E-state index contributed by atoms with van der Waals surface area (Å²) >= 11 is 1.82. The second-order valence-electron chi connectivity index (χ2n) is 5.42. The van der Waals surface area contributed by atoms with E-state index in [1.165, 1.54) is 43.6 Å². The number of nitrogens with zero attached hydrogens (tertiary/aromatic N) is 2. The molecule has 19 heavy (non-hydrogen) atoms. The van der Waals surface area contributed by atoms with E-state index in [0.29, 0.717) is 18.0 Å². The van der Waals surface area contributed by atoms with Gasteiger partial charge in [-0.25, -0.2) is 0 Å². The van der Waals surface area contributed by atoms with Crippen LogP contribution in [0.25, 0.3) is 0 Å². The molecule has 0 bridgehead atoms. The number of nitrogens with one attached hydrogen (secondary N) is 1. The molecule has 1 atom stereocenters.